The number of alkyl halides is 1. The standard InChI is InChI=1S/C11H19Cl/c12-11-7-1-4-10(5-2-8-11)6-3-9-11/h10H,1-9H2. The molecule has 3 fully saturated rings. The number of halogens is 1. The maximum absolute atomic E-state index is 6.58. The van der Waals surface area contributed by atoms with E-state index in [2.05, 4.69) is 0 Å². The van der Waals surface area contributed by atoms with E-state index in [1.807, 2.05) is 0 Å². The molecule has 0 spiro atoms. The molecule has 3 aliphatic rings. The Morgan fingerprint density at radius 1 is 0.833 bits per heavy atom. The average molecular weight is 187 g/mol. The summed E-state index contributed by atoms with van der Waals surface area (Å²) in [5, 5.41) is 0. The van der Waals surface area contributed by atoms with Crippen LogP contribution >= 0.6 is 11.6 Å². The number of rotatable bonds is 0. The Hall–Kier alpha value is 0.290. The van der Waals surface area contributed by atoms with Crippen LogP contribution in [0.15, 0.2) is 0 Å². The largest absolute Gasteiger partial charge is 0.119 e. The van der Waals surface area contributed by atoms with Crippen molar-refractivity contribution < 1.29 is 0 Å². The van der Waals surface area contributed by atoms with Gasteiger partial charge in [-0.25, -0.2) is 0 Å². The molecule has 0 N–H and O–H groups in total. The summed E-state index contributed by atoms with van der Waals surface area (Å²) >= 11 is 6.58. The van der Waals surface area contributed by atoms with Crippen molar-refractivity contribution in [1.82, 2.24) is 0 Å². The number of hydrogen-bond acceptors (Lipinski definition) is 0. The molecule has 70 valence electrons. The zero-order valence-corrected chi connectivity index (χ0v) is 8.58. The molecule has 0 heterocycles. The molecule has 0 radical (unpaired) electrons. The van der Waals surface area contributed by atoms with Gasteiger partial charge in [0.15, 0.2) is 0 Å². The van der Waals surface area contributed by atoms with Crippen molar-refractivity contribution in [3.05, 3.63) is 0 Å². The van der Waals surface area contributed by atoms with E-state index in [0.717, 1.165) is 5.92 Å². The Labute approximate surface area is 80.7 Å². The minimum Gasteiger partial charge on any atom is -0.119 e. The van der Waals surface area contributed by atoms with E-state index < -0.39 is 0 Å². The molecule has 0 amide bonds. The third-order valence-corrected chi connectivity index (χ3v) is 4.28. The van der Waals surface area contributed by atoms with Crippen LogP contribution in [0.1, 0.15) is 57.8 Å². The highest BCUT2D eigenvalue weighted by molar-refractivity contribution is 6.23. The third-order valence-electron chi connectivity index (χ3n) is 3.71. The molecular formula is C11H19Cl. The maximum Gasteiger partial charge on any atom is 0.0446 e. The number of fused-ring (bicyclic) bond motifs is 6. The van der Waals surface area contributed by atoms with Gasteiger partial charge in [-0.05, 0) is 25.2 Å². The molecular weight excluding hydrogens is 168 g/mol. The molecule has 12 heavy (non-hydrogen) atoms. The van der Waals surface area contributed by atoms with Crippen LogP contribution in [0.3, 0.4) is 0 Å². The van der Waals surface area contributed by atoms with Crippen LogP contribution in [-0.2, 0) is 0 Å². The van der Waals surface area contributed by atoms with Gasteiger partial charge >= 0.3 is 0 Å². The van der Waals surface area contributed by atoms with Crippen LogP contribution in [-0.4, -0.2) is 4.87 Å². The van der Waals surface area contributed by atoms with E-state index in [9.17, 15) is 0 Å². The Morgan fingerprint density at radius 2 is 1.25 bits per heavy atom. The molecule has 0 atom stereocenters. The van der Waals surface area contributed by atoms with E-state index in [0.29, 0.717) is 0 Å². The zero-order valence-electron chi connectivity index (χ0n) is 7.82. The normalized spacial score (nSPS) is 43.2. The highest BCUT2D eigenvalue weighted by Gasteiger charge is 2.31. The maximum atomic E-state index is 6.58. The second kappa shape index (κ2) is 3.57. The first-order valence-electron chi connectivity index (χ1n) is 5.47. The highest BCUT2D eigenvalue weighted by Crippen LogP contribution is 2.41. The summed E-state index contributed by atoms with van der Waals surface area (Å²) in [6.45, 7) is 0. The third kappa shape index (κ3) is 1.96. The fraction of sp³-hybridized carbons (Fsp3) is 1.00. The average Bonchev–Trinajstić information content (AvgIpc) is 1.93. The molecule has 0 aromatic heterocycles. The van der Waals surface area contributed by atoms with Crippen molar-refractivity contribution >= 4 is 11.6 Å². The highest BCUT2D eigenvalue weighted by atomic mass is 35.5. The first-order chi connectivity index (χ1) is 5.79. The van der Waals surface area contributed by atoms with E-state index >= 15 is 0 Å². The SMILES string of the molecule is ClC12CCCC(CCC1)CCC2. The Kier molecular flexibility index (Phi) is 2.64. The molecule has 3 rings (SSSR count). The minimum atomic E-state index is 0.214. The van der Waals surface area contributed by atoms with E-state index in [-0.39, 0.29) is 4.87 Å². The van der Waals surface area contributed by atoms with Crippen LogP contribution < -0.4 is 0 Å². The molecule has 3 saturated carbocycles. The summed E-state index contributed by atoms with van der Waals surface area (Å²) in [6.07, 6.45) is 12.4. The second-order valence-corrected chi connectivity index (χ2v) is 5.50. The van der Waals surface area contributed by atoms with Crippen molar-refractivity contribution in [3.63, 3.8) is 0 Å². The lowest BCUT2D eigenvalue weighted by Gasteiger charge is -2.35. The van der Waals surface area contributed by atoms with Gasteiger partial charge < -0.3 is 0 Å². The monoisotopic (exact) mass is 186 g/mol. The van der Waals surface area contributed by atoms with Gasteiger partial charge in [0.1, 0.15) is 0 Å². The first kappa shape index (κ1) is 8.87. The molecule has 3 aliphatic carbocycles. The Morgan fingerprint density at radius 3 is 1.67 bits per heavy atom. The van der Waals surface area contributed by atoms with Crippen LogP contribution in [0.25, 0.3) is 0 Å². The fourth-order valence-corrected chi connectivity index (χ4v) is 3.33. The zero-order chi connectivity index (χ0) is 8.44. The molecule has 1 heteroatoms. The van der Waals surface area contributed by atoms with Crippen LogP contribution in [0.4, 0.5) is 0 Å². The van der Waals surface area contributed by atoms with Crippen LogP contribution in [0.2, 0.25) is 0 Å². The fourth-order valence-electron chi connectivity index (χ4n) is 2.93. The van der Waals surface area contributed by atoms with E-state index in [4.69, 9.17) is 11.6 Å². The summed E-state index contributed by atoms with van der Waals surface area (Å²) in [4.78, 5) is 0.214. The first-order valence-corrected chi connectivity index (χ1v) is 5.85. The van der Waals surface area contributed by atoms with Gasteiger partial charge in [-0.3, -0.25) is 0 Å². The van der Waals surface area contributed by atoms with Crippen molar-refractivity contribution in [2.75, 3.05) is 0 Å². The second-order valence-electron chi connectivity index (χ2n) is 4.69. The molecule has 0 aromatic carbocycles. The Balaban J connectivity index is 2.06. The van der Waals surface area contributed by atoms with Gasteiger partial charge in [-0.2, -0.15) is 0 Å². The summed E-state index contributed by atoms with van der Waals surface area (Å²) in [5.74, 6) is 1.05. The lowest BCUT2D eigenvalue weighted by molar-refractivity contribution is 0.264. The smallest absolute Gasteiger partial charge is 0.0446 e. The van der Waals surface area contributed by atoms with E-state index in [1.165, 1.54) is 57.8 Å². The van der Waals surface area contributed by atoms with Gasteiger partial charge in [0.05, 0.1) is 0 Å². The molecule has 0 aromatic rings. The van der Waals surface area contributed by atoms with Crippen molar-refractivity contribution in [3.8, 4) is 0 Å². The predicted octanol–water partition coefficient (Wildman–Crippen LogP) is 4.12. The molecule has 0 nitrogen and oxygen atoms in total. The summed E-state index contributed by atoms with van der Waals surface area (Å²) in [7, 11) is 0. The molecule has 0 unspecified atom stereocenters. The summed E-state index contributed by atoms with van der Waals surface area (Å²) < 4.78 is 0. The molecule has 2 bridgehead atoms. The molecule has 0 aliphatic heterocycles. The van der Waals surface area contributed by atoms with Crippen LogP contribution in [0.5, 0.6) is 0 Å². The summed E-state index contributed by atoms with van der Waals surface area (Å²) in [5.41, 5.74) is 0. The lowest BCUT2D eigenvalue weighted by Crippen LogP contribution is -2.27. The van der Waals surface area contributed by atoms with Gasteiger partial charge in [0.25, 0.3) is 0 Å². The topological polar surface area (TPSA) is 0 Å². The Bertz CT molecular complexity index is 127. The molecule has 0 saturated heterocycles. The van der Waals surface area contributed by atoms with E-state index in [1.54, 1.807) is 0 Å². The van der Waals surface area contributed by atoms with Crippen LogP contribution in [0, 0.1) is 5.92 Å². The van der Waals surface area contributed by atoms with Crippen molar-refractivity contribution in [2.45, 2.75) is 62.7 Å². The van der Waals surface area contributed by atoms with Gasteiger partial charge in [-0.15, -0.1) is 11.6 Å². The van der Waals surface area contributed by atoms with Gasteiger partial charge in [0.2, 0.25) is 0 Å². The quantitative estimate of drug-likeness (QED) is 0.500. The van der Waals surface area contributed by atoms with Crippen molar-refractivity contribution in [2.24, 2.45) is 5.92 Å². The minimum absolute atomic E-state index is 0.214. The van der Waals surface area contributed by atoms with Crippen molar-refractivity contribution in [1.29, 1.82) is 0 Å². The summed E-state index contributed by atoms with van der Waals surface area (Å²) in [6, 6.07) is 0. The van der Waals surface area contributed by atoms with Gasteiger partial charge in [0, 0.05) is 4.87 Å². The lowest BCUT2D eigenvalue weighted by atomic mass is 9.77. The van der Waals surface area contributed by atoms with Gasteiger partial charge in [-0.1, -0.05) is 38.5 Å². The predicted molar refractivity (Wildman–Crippen MR) is 53.6 cm³/mol. The number of hydrogen-bond donors (Lipinski definition) is 0.